The van der Waals surface area contributed by atoms with Gasteiger partial charge in [-0.15, -0.1) is 0 Å². The number of aromatic nitrogens is 1. The van der Waals surface area contributed by atoms with Gasteiger partial charge in [0.25, 0.3) is 0 Å². The summed E-state index contributed by atoms with van der Waals surface area (Å²) in [6.45, 7) is 8.80. The number of aryl methyl sites for hydroxylation is 2. The van der Waals surface area contributed by atoms with Crippen LogP contribution in [0.4, 0.5) is 19.3 Å². The molecule has 0 aliphatic carbocycles. The Kier molecular flexibility index (Phi) is 8.98. The predicted octanol–water partition coefficient (Wildman–Crippen LogP) is 4.19. The van der Waals surface area contributed by atoms with Crippen LogP contribution >= 0.6 is 13.5 Å². The maximum atomic E-state index is 13.6. The van der Waals surface area contributed by atoms with Crippen molar-refractivity contribution in [1.29, 1.82) is 0 Å². The Morgan fingerprint density at radius 1 is 1.13 bits per heavy atom. The van der Waals surface area contributed by atoms with Gasteiger partial charge in [0.05, 0.1) is 11.9 Å². The number of amides is 2. The summed E-state index contributed by atoms with van der Waals surface area (Å²) in [7, 11) is 1.55. The second-order valence-corrected chi connectivity index (χ2v) is 8.17. The zero-order chi connectivity index (χ0) is 22.6. The Morgan fingerprint density at radius 3 is 2.23 bits per heavy atom. The van der Waals surface area contributed by atoms with E-state index in [0.717, 1.165) is 29.5 Å². The first-order chi connectivity index (χ1) is 13.9. The van der Waals surface area contributed by atoms with Crippen molar-refractivity contribution in [1.82, 2.24) is 10.3 Å². The van der Waals surface area contributed by atoms with Crippen LogP contribution in [0.1, 0.15) is 37.6 Å². The summed E-state index contributed by atoms with van der Waals surface area (Å²) >= 11 is 0. The Balaban J connectivity index is 0.00000480. The van der Waals surface area contributed by atoms with Crippen molar-refractivity contribution < 1.29 is 23.1 Å². The smallest absolute Gasteiger partial charge is 0.408 e. The number of nitrogens with zero attached hydrogens (tertiary/aromatic N) is 2. The number of benzene rings is 1. The van der Waals surface area contributed by atoms with Crippen LogP contribution in [0, 0.1) is 25.5 Å². The third-order valence-electron chi connectivity index (χ3n) is 4.39. The number of carbonyl (C=O) groups is 2. The normalized spacial score (nSPS) is 11.9. The van der Waals surface area contributed by atoms with Gasteiger partial charge in [-0.2, -0.15) is 13.5 Å². The maximum absolute atomic E-state index is 13.6. The quantitative estimate of drug-likeness (QED) is 0.737. The van der Waals surface area contributed by atoms with Crippen LogP contribution in [0.5, 0.6) is 0 Å². The highest BCUT2D eigenvalue weighted by atomic mass is 32.1. The van der Waals surface area contributed by atoms with E-state index in [0.29, 0.717) is 5.69 Å². The SMILES string of the molecule is Cc1cc(N(C)C(=O)[C@H](Cc2cc(F)cc(F)c2)NC(=O)OC(C)(C)C)cnc1C.S. The number of ether oxygens (including phenoxy) is 1. The van der Waals surface area contributed by atoms with Gasteiger partial charge in [-0.1, -0.05) is 0 Å². The number of nitrogens with one attached hydrogen (secondary N) is 1. The first-order valence-electron chi connectivity index (χ1n) is 9.51. The molecule has 2 aromatic rings. The molecule has 0 fully saturated rings. The summed E-state index contributed by atoms with van der Waals surface area (Å²) in [5.74, 6) is -2.00. The predicted molar refractivity (Wildman–Crippen MR) is 121 cm³/mol. The van der Waals surface area contributed by atoms with Crippen LogP contribution in [-0.4, -0.2) is 35.7 Å². The molecular weight excluding hydrogens is 424 g/mol. The van der Waals surface area contributed by atoms with Gasteiger partial charge in [-0.3, -0.25) is 9.78 Å². The van der Waals surface area contributed by atoms with E-state index in [2.05, 4.69) is 10.3 Å². The molecule has 0 unspecified atom stereocenters. The maximum Gasteiger partial charge on any atom is 0.408 e. The lowest BCUT2D eigenvalue weighted by Crippen LogP contribution is -2.50. The molecule has 0 radical (unpaired) electrons. The molecule has 0 aliphatic heterocycles. The number of anilines is 1. The van der Waals surface area contributed by atoms with Crippen molar-refractivity contribution in [2.45, 2.75) is 52.7 Å². The summed E-state index contributed by atoms with van der Waals surface area (Å²) in [6, 6.07) is 3.68. The van der Waals surface area contributed by atoms with Gasteiger partial charge in [0.1, 0.15) is 23.3 Å². The molecule has 0 bridgehead atoms. The van der Waals surface area contributed by atoms with E-state index >= 15 is 0 Å². The lowest BCUT2D eigenvalue weighted by molar-refractivity contribution is -0.120. The molecular formula is C22H29F2N3O3S. The Hall–Kier alpha value is -2.68. The highest BCUT2D eigenvalue weighted by molar-refractivity contribution is 7.59. The van der Waals surface area contributed by atoms with E-state index < -0.39 is 35.3 Å². The van der Waals surface area contributed by atoms with Crippen LogP contribution in [0.15, 0.2) is 30.5 Å². The van der Waals surface area contributed by atoms with Gasteiger partial charge in [-0.05, 0) is 63.9 Å². The van der Waals surface area contributed by atoms with Crippen LogP contribution in [-0.2, 0) is 16.0 Å². The van der Waals surface area contributed by atoms with Gasteiger partial charge in [0, 0.05) is 25.2 Å². The molecule has 170 valence electrons. The molecule has 0 saturated carbocycles. The van der Waals surface area contributed by atoms with Crippen molar-refractivity contribution in [2.24, 2.45) is 0 Å². The molecule has 0 saturated heterocycles. The molecule has 2 amide bonds. The number of alkyl carbamates (subject to hydrolysis) is 1. The fourth-order valence-electron chi connectivity index (χ4n) is 2.79. The second kappa shape index (κ2) is 10.6. The lowest BCUT2D eigenvalue weighted by Gasteiger charge is -2.27. The average Bonchev–Trinajstić information content (AvgIpc) is 2.59. The van der Waals surface area contributed by atoms with Crippen molar-refractivity contribution >= 4 is 31.2 Å². The number of hydrogen-bond donors (Lipinski definition) is 1. The molecule has 0 spiro atoms. The van der Waals surface area contributed by atoms with Crippen molar-refractivity contribution in [2.75, 3.05) is 11.9 Å². The third kappa shape index (κ3) is 7.82. The Bertz CT molecular complexity index is 928. The molecule has 1 heterocycles. The van der Waals surface area contributed by atoms with Gasteiger partial charge >= 0.3 is 6.09 Å². The van der Waals surface area contributed by atoms with Crippen LogP contribution in [0.3, 0.4) is 0 Å². The van der Waals surface area contributed by atoms with Crippen LogP contribution in [0.2, 0.25) is 0 Å². The van der Waals surface area contributed by atoms with E-state index in [-0.39, 0.29) is 25.5 Å². The van der Waals surface area contributed by atoms with Gasteiger partial charge < -0.3 is 15.0 Å². The lowest BCUT2D eigenvalue weighted by atomic mass is 10.0. The van der Waals surface area contributed by atoms with Crippen LogP contribution in [0.25, 0.3) is 0 Å². The number of carbonyl (C=O) groups excluding carboxylic acids is 2. The molecule has 31 heavy (non-hydrogen) atoms. The number of hydrogen-bond acceptors (Lipinski definition) is 4. The van der Waals surface area contributed by atoms with E-state index in [4.69, 9.17) is 4.74 Å². The molecule has 6 nitrogen and oxygen atoms in total. The van der Waals surface area contributed by atoms with Crippen molar-refractivity contribution in [3.05, 3.63) is 58.9 Å². The largest absolute Gasteiger partial charge is 0.444 e. The molecule has 1 aromatic heterocycles. The van der Waals surface area contributed by atoms with Gasteiger partial charge in [0.2, 0.25) is 5.91 Å². The zero-order valence-corrected chi connectivity index (χ0v) is 19.5. The first-order valence-corrected chi connectivity index (χ1v) is 9.51. The highest BCUT2D eigenvalue weighted by Gasteiger charge is 2.28. The fourth-order valence-corrected chi connectivity index (χ4v) is 2.79. The summed E-state index contributed by atoms with van der Waals surface area (Å²) in [5.41, 5.74) is 1.72. The second-order valence-electron chi connectivity index (χ2n) is 8.17. The van der Waals surface area contributed by atoms with E-state index in [1.807, 2.05) is 13.8 Å². The number of likely N-dealkylation sites (N-methyl/N-ethyl adjacent to an activating group) is 1. The Morgan fingerprint density at radius 2 is 1.71 bits per heavy atom. The van der Waals surface area contributed by atoms with Gasteiger partial charge in [0.15, 0.2) is 0 Å². The number of rotatable bonds is 5. The minimum absolute atomic E-state index is 0. The van der Waals surface area contributed by atoms with E-state index in [1.54, 1.807) is 40.1 Å². The molecule has 1 aromatic carbocycles. The Labute approximate surface area is 188 Å². The molecule has 2 rings (SSSR count). The summed E-state index contributed by atoms with van der Waals surface area (Å²) < 4.78 is 32.5. The first kappa shape index (κ1) is 26.4. The fraction of sp³-hybridized carbons (Fsp3) is 0.409. The summed E-state index contributed by atoms with van der Waals surface area (Å²) in [5, 5.41) is 2.52. The zero-order valence-electron chi connectivity index (χ0n) is 18.5. The topological polar surface area (TPSA) is 71.5 Å². The molecule has 1 N–H and O–H groups in total. The summed E-state index contributed by atoms with van der Waals surface area (Å²) in [6.07, 6.45) is 0.631. The number of halogens is 2. The molecule has 0 aliphatic rings. The minimum Gasteiger partial charge on any atom is -0.444 e. The number of pyridine rings is 1. The molecule has 9 heteroatoms. The van der Waals surface area contributed by atoms with E-state index in [1.165, 1.54) is 4.90 Å². The molecule has 1 atom stereocenters. The van der Waals surface area contributed by atoms with Crippen LogP contribution < -0.4 is 10.2 Å². The monoisotopic (exact) mass is 453 g/mol. The average molecular weight is 454 g/mol. The van der Waals surface area contributed by atoms with Crippen molar-refractivity contribution in [3.63, 3.8) is 0 Å². The third-order valence-corrected chi connectivity index (χ3v) is 4.39. The van der Waals surface area contributed by atoms with Gasteiger partial charge in [-0.25, -0.2) is 13.6 Å². The van der Waals surface area contributed by atoms with Crippen molar-refractivity contribution in [3.8, 4) is 0 Å². The highest BCUT2D eigenvalue weighted by Crippen LogP contribution is 2.18. The standard InChI is InChI=1S/C22H27F2N3O3.H2S/c1-13-7-18(12-25-14(13)2)27(6)20(28)19(26-21(29)30-22(3,4)5)10-15-8-16(23)11-17(24)9-15;/h7-9,11-12,19H,10H2,1-6H3,(H,26,29);1H2/t19-;/m0./s1. The minimum atomic E-state index is -1.10. The van der Waals surface area contributed by atoms with E-state index in [9.17, 15) is 18.4 Å². The summed E-state index contributed by atoms with van der Waals surface area (Å²) in [4.78, 5) is 31.0.